The fraction of sp³-hybridized carbons (Fsp3) is 0.700. The normalized spacial score (nSPS) is 21.9. The van der Waals surface area contributed by atoms with E-state index in [1.54, 1.807) is 0 Å². The van der Waals surface area contributed by atoms with Gasteiger partial charge in [-0.15, -0.1) is 0 Å². The molecular formula is C10H18N3O5PS. The number of nitrogens with two attached hydrogens (primary N) is 1. The number of nitrogens with zero attached hydrogens (tertiary/aromatic N) is 1. The summed E-state index contributed by atoms with van der Waals surface area (Å²) < 4.78 is 11.8. The van der Waals surface area contributed by atoms with Crippen molar-refractivity contribution < 1.29 is 23.8 Å². The van der Waals surface area contributed by atoms with Crippen molar-refractivity contribution in [3.05, 3.63) is 0 Å². The van der Waals surface area contributed by atoms with Crippen LogP contribution in [0.1, 0.15) is 13.3 Å². The lowest BCUT2D eigenvalue weighted by atomic mass is 10.4. The van der Waals surface area contributed by atoms with Crippen LogP contribution in [0.4, 0.5) is 0 Å². The molecule has 0 bridgehead atoms. The third kappa shape index (κ3) is 4.90. The highest BCUT2D eigenvalue weighted by molar-refractivity contribution is 7.98. The number of amides is 3. The molecule has 0 aromatic heterocycles. The minimum atomic E-state index is -3.48. The summed E-state index contributed by atoms with van der Waals surface area (Å²) >= 11 is 0.807. The Kier molecular flexibility index (Phi) is 6.19. The van der Waals surface area contributed by atoms with Crippen molar-refractivity contribution in [3.8, 4) is 0 Å². The molecule has 1 saturated heterocycles. The maximum Gasteiger partial charge on any atom is 0.244 e. The zero-order valence-corrected chi connectivity index (χ0v) is 12.8. The van der Waals surface area contributed by atoms with Crippen molar-refractivity contribution in [2.75, 3.05) is 25.4 Å². The Bertz CT molecular complexity index is 458. The van der Waals surface area contributed by atoms with Crippen molar-refractivity contribution in [1.29, 1.82) is 0 Å². The lowest BCUT2D eigenvalue weighted by molar-refractivity contribution is -0.137. The van der Waals surface area contributed by atoms with Crippen LogP contribution in [0.3, 0.4) is 0 Å². The number of carbonyl (C=O) groups excluding carboxylic acids is 3. The first-order valence-electron chi connectivity index (χ1n) is 6.02. The van der Waals surface area contributed by atoms with Crippen molar-refractivity contribution >= 4 is 37.0 Å². The molecule has 1 fully saturated rings. The van der Waals surface area contributed by atoms with Crippen molar-refractivity contribution in [1.82, 2.24) is 10.2 Å². The summed E-state index contributed by atoms with van der Waals surface area (Å²) in [6, 6.07) is 0. The minimum Gasteiger partial charge on any atom is -0.356 e. The minimum absolute atomic E-state index is 0.0294. The summed E-state index contributed by atoms with van der Waals surface area (Å²) in [4.78, 5) is 44.7. The molecule has 0 saturated carbocycles. The van der Waals surface area contributed by atoms with E-state index in [9.17, 15) is 23.8 Å². The third-order valence-electron chi connectivity index (χ3n) is 2.87. The van der Waals surface area contributed by atoms with Gasteiger partial charge in [0.1, 0.15) is 5.25 Å². The van der Waals surface area contributed by atoms with Gasteiger partial charge in [-0.2, -0.15) is 0 Å². The van der Waals surface area contributed by atoms with Gasteiger partial charge in [0.2, 0.25) is 25.1 Å². The van der Waals surface area contributed by atoms with Crippen LogP contribution in [0.2, 0.25) is 0 Å². The van der Waals surface area contributed by atoms with E-state index in [1.165, 1.54) is 6.92 Å². The summed E-state index contributed by atoms with van der Waals surface area (Å²) in [7, 11) is -3.48. The fourth-order valence-electron chi connectivity index (χ4n) is 1.77. The van der Waals surface area contributed by atoms with Gasteiger partial charge in [0.15, 0.2) is 0 Å². The van der Waals surface area contributed by atoms with Crippen molar-refractivity contribution in [2.45, 2.75) is 18.6 Å². The Morgan fingerprint density at radius 2 is 2.20 bits per heavy atom. The van der Waals surface area contributed by atoms with E-state index < -0.39 is 18.5 Å². The SMILES string of the molecule is CC(=O)NCCP(=O)(O)CCN1C(=O)CC(SN)C1=O. The average molecular weight is 323 g/mol. The van der Waals surface area contributed by atoms with Crippen LogP contribution in [-0.2, 0) is 18.9 Å². The molecule has 1 aliphatic heterocycles. The highest BCUT2D eigenvalue weighted by Gasteiger charge is 2.39. The van der Waals surface area contributed by atoms with E-state index in [-0.39, 0.29) is 43.6 Å². The number of nitrogens with one attached hydrogen (secondary N) is 1. The molecule has 1 rings (SSSR count). The Labute approximate surface area is 121 Å². The lowest BCUT2D eigenvalue weighted by Crippen LogP contribution is -2.34. The molecular weight excluding hydrogens is 305 g/mol. The zero-order valence-electron chi connectivity index (χ0n) is 11.1. The molecule has 8 nitrogen and oxygen atoms in total. The number of hydrogen-bond donors (Lipinski definition) is 3. The van der Waals surface area contributed by atoms with Crippen LogP contribution < -0.4 is 10.5 Å². The highest BCUT2D eigenvalue weighted by Crippen LogP contribution is 2.39. The lowest BCUT2D eigenvalue weighted by Gasteiger charge is -2.17. The molecule has 2 unspecified atom stereocenters. The van der Waals surface area contributed by atoms with E-state index >= 15 is 0 Å². The van der Waals surface area contributed by atoms with Crippen molar-refractivity contribution in [2.24, 2.45) is 5.14 Å². The topological polar surface area (TPSA) is 130 Å². The second-order valence-electron chi connectivity index (χ2n) is 4.49. The van der Waals surface area contributed by atoms with E-state index in [2.05, 4.69) is 5.32 Å². The Morgan fingerprint density at radius 1 is 1.55 bits per heavy atom. The predicted octanol–water partition coefficient (Wildman–Crippen LogP) is -0.873. The smallest absolute Gasteiger partial charge is 0.244 e. The van der Waals surface area contributed by atoms with Gasteiger partial charge in [0, 0.05) is 38.8 Å². The van der Waals surface area contributed by atoms with Crippen LogP contribution >= 0.6 is 19.3 Å². The highest BCUT2D eigenvalue weighted by atomic mass is 32.2. The van der Waals surface area contributed by atoms with E-state index in [4.69, 9.17) is 5.14 Å². The summed E-state index contributed by atoms with van der Waals surface area (Å²) in [6.45, 7) is 1.31. The standard InChI is InChI=1S/C10H18N3O5PS/c1-7(14)12-2-4-19(17,18)5-3-13-9(15)6-8(20-11)10(13)16/h8H,2-6,11H2,1H3,(H,12,14)(H,17,18). The molecule has 0 radical (unpaired) electrons. The predicted molar refractivity (Wildman–Crippen MR) is 75.1 cm³/mol. The van der Waals surface area contributed by atoms with E-state index in [0.717, 1.165) is 16.8 Å². The van der Waals surface area contributed by atoms with Gasteiger partial charge < -0.3 is 10.2 Å². The second kappa shape index (κ2) is 7.21. The monoisotopic (exact) mass is 323 g/mol. The van der Waals surface area contributed by atoms with Gasteiger partial charge in [-0.3, -0.25) is 29.0 Å². The van der Waals surface area contributed by atoms with Gasteiger partial charge in [0.25, 0.3) is 0 Å². The summed E-state index contributed by atoms with van der Waals surface area (Å²) in [5.74, 6) is -1.07. The average Bonchev–Trinajstić information content (AvgIpc) is 2.61. The third-order valence-corrected chi connectivity index (χ3v) is 5.39. The Balaban J connectivity index is 2.45. The molecule has 0 aliphatic carbocycles. The molecule has 0 spiro atoms. The quantitative estimate of drug-likeness (QED) is 0.315. The molecule has 3 amide bonds. The first-order valence-corrected chi connectivity index (χ1v) is 8.99. The Morgan fingerprint density at radius 3 is 2.70 bits per heavy atom. The summed E-state index contributed by atoms with van der Waals surface area (Å²) in [5, 5.41) is 7.12. The molecule has 1 heterocycles. The molecule has 4 N–H and O–H groups in total. The molecule has 20 heavy (non-hydrogen) atoms. The van der Waals surface area contributed by atoms with Crippen LogP contribution in [0.5, 0.6) is 0 Å². The molecule has 114 valence electrons. The Hall–Kier alpha value is -0.890. The number of likely N-dealkylation sites (tertiary alicyclic amines) is 1. The molecule has 10 heteroatoms. The van der Waals surface area contributed by atoms with Crippen LogP contribution in [0.15, 0.2) is 0 Å². The maximum atomic E-state index is 11.8. The largest absolute Gasteiger partial charge is 0.356 e. The van der Waals surface area contributed by atoms with Gasteiger partial charge in [-0.25, -0.2) is 0 Å². The van der Waals surface area contributed by atoms with Crippen LogP contribution in [0.25, 0.3) is 0 Å². The number of imide groups is 1. The molecule has 1 aliphatic rings. The first-order chi connectivity index (χ1) is 9.26. The summed E-state index contributed by atoms with van der Waals surface area (Å²) in [5.41, 5.74) is 0. The van der Waals surface area contributed by atoms with E-state index in [0.29, 0.717) is 0 Å². The summed E-state index contributed by atoms with van der Waals surface area (Å²) in [6.07, 6.45) is -0.231. The van der Waals surface area contributed by atoms with Gasteiger partial charge in [0.05, 0.1) is 0 Å². The number of carbonyl (C=O) groups is 3. The zero-order chi connectivity index (χ0) is 15.3. The van der Waals surface area contributed by atoms with Crippen molar-refractivity contribution in [3.63, 3.8) is 0 Å². The van der Waals surface area contributed by atoms with Crippen LogP contribution in [-0.4, -0.2) is 58.2 Å². The van der Waals surface area contributed by atoms with Crippen LogP contribution in [0, 0.1) is 0 Å². The number of rotatable bonds is 7. The maximum absolute atomic E-state index is 11.8. The molecule has 0 aromatic carbocycles. The molecule has 0 aromatic rings. The van der Waals surface area contributed by atoms with Gasteiger partial charge in [-0.1, -0.05) is 11.9 Å². The molecule has 2 atom stereocenters. The first kappa shape index (κ1) is 17.2. The number of hydrogen-bond acceptors (Lipinski definition) is 6. The van der Waals surface area contributed by atoms with Gasteiger partial charge >= 0.3 is 0 Å². The van der Waals surface area contributed by atoms with Gasteiger partial charge in [-0.05, 0) is 0 Å². The van der Waals surface area contributed by atoms with E-state index in [1.807, 2.05) is 0 Å². The fourth-order valence-corrected chi connectivity index (χ4v) is 3.45. The second-order valence-corrected chi connectivity index (χ2v) is 7.92.